The van der Waals surface area contributed by atoms with Gasteiger partial charge in [0.15, 0.2) is 0 Å². The van der Waals surface area contributed by atoms with Crippen molar-refractivity contribution in [3.05, 3.63) is 53.1 Å². The molecule has 0 unspecified atom stereocenters. The average molecular weight is 229 g/mol. The predicted molar refractivity (Wildman–Crippen MR) is 67.6 cm³/mol. The summed E-state index contributed by atoms with van der Waals surface area (Å²) >= 11 is 0. The molecule has 4 nitrogen and oxygen atoms in total. The highest BCUT2D eigenvalue weighted by molar-refractivity contribution is 5.57. The van der Waals surface area contributed by atoms with Gasteiger partial charge < -0.3 is 5.73 Å². The molecule has 17 heavy (non-hydrogen) atoms. The molecule has 0 aliphatic heterocycles. The lowest BCUT2D eigenvalue weighted by atomic mass is 10.1. The summed E-state index contributed by atoms with van der Waals surface area (Å²) in [6.07, 6.45) is 2.37. The molecular formula is C13H15N3O. The number of aromatic nitrogens is 2. The van der Waals surface area contributed by atoms with Crippen LogP contribution in [0.25, 0.3) is 11.3 Å². The molecule has 0 saturated heterocycles. The molecule has 4 heteroatoms. The van der Waals surface area contributed by atoms with Gasteiger partial charge in [0.25, 0.3) is 5.56 Å². The Morgan fingerprint density at radius 2 is 2.00 bits per heavy atom. The van der Waals surface area contributed by atoms with Crippen LogP contribution in [0.5, 0.6) is 0 Å². The fourth-order valence-corrected chi connectivity index (χ4v) is 1.62. The first-order valence-electron chi connectivity index (χ1n) is 5.63. The molecule has 0 aliphatic carbocycles. The van der Waals surface area contributed by atoms with Gasteiger partial charge in [-0.05, 0) is 13.0 Å². The van der Waals surface area contributed by atoms with Gasteiger partial charge in [0.1, 0.15) is 0 Å². The van der Waals surface area contributed by atoms with Gasteiger partial charge >= 0.3 is 0 Å². The first kappa shape index (κ1) is 11.5. The number of nitrogens with two attached hydrogens (primary N) is 1. The zero-order chi connectivity index (χ0) is 12.1. The van der Waals surface area contributed by atoms with Crippen LogP contribution in [0.2, 0.25) is 0 Å². The predicted octanol–water partition coefficient (Wildman–Crippen LogP) is 1.26. The fraction of sp³-hybridized carbons (Fsp3) is 0.231. The zero-order valence-corrected chi connectivity index (χ0v) is 9.54. The second kappa shape index (κ2) is 5.41. The Balaban J connectivity index is 2.28. The summed E-state index contributed by atoms with van der Waals surface area (Å²) in [4.78, 5) is 16.1. The number of benzene rings is 1. The van der Waals surface area contributed by atoms with Crippen LogP contribution in [-0.2, 0) is 6.54 Å². The molecule has 0 bridgehead atoms. The Labute approximate surface area is 99.7 Å². The van der Waals surface area contributed by atoms with E-state index in [1.165, 1.54) is 0 Å². The van der Waals surface area contributed by atoms with Crippen molar-refractivity contribution < 1.29 is 0 Å². The topological polar surface area (TPSA) is 60.9 Å². The molecule has 1 aromatic carbocycles. The minimum atomic E-state index is -0.0349. The highest BCUT2D eigenvalue weighted by atomic mass is 16.1. The molecular weight excluding hydrogens is 214 g/mol. The van der Waals surface area contributed by atoms with E-state index in [0.717, 1.165) is 12.0 Å². The van der Waals surface area contributed by atoms with Gasteiger partial charge in [-0.3, -0.25) is 9.36 Å². The van der Waals surface area contributed by atoms with Crippen LogP contribution in [-0.4, -0.2) is 16.1 Å². The molecule has 0 radical (unpaired) electrons. The molecule has 0 atom stereocenters. The molecule has 2 aromatic rings. The van der Waals surface area contributed by atoms with Crippen LogP contribution in [0, 0.1) is 0 Å². The van der Waals surface area contributed by atoms with Crippen LogP contribution in [0.3, 0.4) is 0 Å². The monoisotopic (exact) mass is 229 g/mol. The van der Waals surface area contributed by atoms with E-state index >= 15 is 0 Å². The number of nitrogens with zero attached hydrogens (tertiary/aromatic N) is 2. The Morgan fingerprint density at radius 3 is 2.65 bits per heavy atom. The third-order valence-electron chi connectivity index (χ3n) is 2.55. The third kappa shape index (κ3) is 2.79. The van der Waals surface area contributed by atoms with Crippen LogP contribution < -0.4 is 11.3 Å². The van der Waals surface area contributed by atoms with Crippen molar-refractivity contribution in [2.24, 2.45) is 5.73 Å². The van der Waals surface area contributed by atoms with Crippen molar-refractivity contribution >= 4 is 0 Å². The summed E-state index contributed by atoms with van der Waals surface area (Å²) in [6, 6.07) is 11.2. The summed E-state index contributed by atoms with van der Waals surface area (Å²) < 4.78 is 1.58. The van der Waals surface area contributed by atoms with Crippen molar-refractivity contribution in [3.63, 3.8) is 0 Å². The molecule has 0 spiro atoms. The molecule has 0 fully saturated rings. The van der Waals surface area contributed by atoms with E-state index in [1.807, 2.05) is 30.3 Å². The summed E-state index contributed by atoms with van der Waals surface area (Å²) in [6.45, 7) is 1.20. The Hall–Kier alpha value is -1.94. The summed E-state index contributed by atoms with van der Waals surface area (Å²) in [5.41, 5.74) is 7.04. The third-order valence-corrected chi connectivity index (χ3v) is 2.55. The first-order valence-corrected chi connectivity index (χ1v) is 5.63. The van der Waals surface area contributed by atoms with Gasteiger partial charge in [-0.25, -0.2) is 4.98 Å². The maximum atomic E-state index is 11.8. The second-order valence-electron chi connectivity index (χ2n) is 3.81. The second-order valence-corrected chi connectivity index (χ2v) is 3.81. The zero-order valence-electron chi connectivity index (χ0n) is 9.54. The molecule has 2 rings (SSSR count). The largest absolute Gasteiger partial charge is 0.330 e. The van der Waals surface area contributed by atoms with Crippen LogP contribution in [0.1, 0.15) is 6.42 Å². The number of hydrogen-bond donors (Lipinski definition) is 1. The normalized spacial score (nSPS) is 10.4. The van der Waals surface area contributed by atoms with Gasteiger partial charge in [-0.1, -0.05) is 30.3 Å². The lowest BCUT2D eigenvalue weighted by Crippen LogP contribution is -2.21. The van der Waals surface area contributed by atoms with E-state index in [0.29, 0.717) is 18.8 Å². The Bertz CT molecular complexity index is 534. The minimum Gasteiger partial charge on any atom is -0.330 e. The molecule has 0 aliphatic rings. The molecule has 2 N–H and O–H groups in total. The fourth-order valence-electron chi connectivity index (χ4n) is 1.62. The summed E-state index contributed by atoms with van der Waals surface area (Å²) in [7, 11) is 0. The van der Waals surface area contributed by atoms with Crippen LogP contribution in [0.4, 0.5) is 0 Å². The minimum absolute atomic E-state index is 0.0349. The lowest BCUT2D eigenvalue weighted by molar-refractivity contribution is 0.619. The molecule has 1 aromatic heterocycles. The van der Waals surface area contributed by atoms with Gasteiger partial charge in [0.05, 0.1) is 12.0 Å². The smallest absolute Gasteiger partial charge is 0.253 e. The number of hydrogen-bond acceptors (Lipinski definition) is 3. The van der Waals surface area contributed by atoms with Crippen LogP contribution in [0.15, 0.2) is 47.5 Å². The van der Waals surface area contributed by atoms with E-state index in [9.17, 15) is 4.79 Å². The van der Waals surface area contributed by atoms with Crippen molar-refractivity contribution in [2.45, 2.75) is 13.0 Å². The van der Waals surface area contributed by atoms with Gasteiger partial charge in [-0.15, -0.1) is 0 Å². The van der Waals surface area contributed by atoms with E-state index < -0.39 is 0 Å². The maximum absolute atomic E-state index is 11.8. The summed E-state index contributed by atoms with van der Waals surface area (Å²) in [5.74, 6) is 0. The molecule has 88 valence electrons. The molecule has 0 amide bonds. The Morgan fingerprint density at radius 1 is 1.24 bits per heavy atom. The Kier molecular flexibility index (Phi) is 3.67. The van der Waals surface area contributed by atoms with E-state index in [1.54, 1.807) is 17.0 Å². The van der Waals surface area contributed by atoms with Crippen molar-refractivity contribution in [3.8, 4) is 11.3 Å². The highest BCUT2D eigenvalue weighted by Crippen LogP contribution is 2.13. The quantitative estimate of drug-likeness (QED) is 0.858. The van der Waals surface area contributed by atoms with Crippen LogP contribution >= 0.6 is 0 Å². The highest BCUT2D eigenvalue weighted by Gasteiger charge is 2.01. The van der Waals surface area contributed by atoms with E-state index in [-0.39, 0.29) is 5.56 Å². The molecule has 0 saturated carbocycles. The van der Waals surface area contributed by atoms with E-state index in [2.05, 4.69) is 4.98 Å². The molecule has 1 heterocycles. The van der Waals surface area contributed by atoms with Crippen molar-refractivity contribution in [1.29, 1.82) is 0 Å². The van der Waals surface area contributed by atoms with E-state index in [4.69, 9.17) is 5.73 Å². The number of rotatable bonds is 4. The van der Waals surface area contributed by atoms with Crippen molar-refractivity contribution in [2.75, 3.05) is 6.54 Å². The van der Waals surface area contributed by atoms with Gasteiger partial charge in [0, 0.05) is 18.2 Å². The SMILES string of the molecule is NCCCn1cnc(-c2ccccc2)cc1=O. The standard InChI is InChI=1S/C13H15N3O/c14-7-4-8-16-10-15-12(9-13(16)17)11-5-2-1-3-6-11/h1-3,5-6,9-10H,4,7-8,14H2. The van der Waals surface area contributed by atoms with Gasteiger partial charge in [-0.2, -0.15) is 0 Å². The average Bonchev–Trinajstić information content (AvgIpc) is 2.38. The summed E-state index contributed by atoms with van der Waals surface area (Å²) in [5, 5.41) is 0. The van der Waals surface area contributed by atoms with Gasteiger partial charge in [0.2, 0.25) is 0 Å². The number of aryl methyl sites for hydroxylation is 1. The lowest BCUT2D eigenvalue weighted by Gasteiger charge is -2.05. The van der Waals surface area contributed by atoms with Crippen molar-refractivity contribution in [1.82, 2.24) is 9.55 Å². The maximum Gasteiger partial charge on any atom is 0.253 e. The first-order chi connectivity index (χ1) is 8.31.